The van der Waals surface area contributed by atoms with E-state index in [0.29, 0.717) is 0 Å². The third-order valence-electron chi connectivity index (χ3n) is 2.12. The maximum atomic E-state index is 12.6. The minimum absolute atomic E-state index is 0.655. The van der Waals surface area contributed by atoms with Gasteiger partial charge in [0, 0.05) is 0 Å². The molecule has 0 aliphatic heterocycles. The van der Waals surface area contributed by atoms with Crippen molar-refractivity contribution in [1.29, 1.82) is 0 Å². The van der Waals surface area contributed by atoms with E-state index >= 15 is 0 Å². The Morgan fingerprint density at radius 2 is 1.62 bits per heavy atom. The third kappa shape index (κ3) is 2.37. The third-order valence-corrected chi connectivity index (χ3v) is 4.33. The second-order valence-corrected chi connectivity index (χ2v) is 6.06. The molecule has 16 heavy (non-hydrogen) atoms. The lowest BCUT2D eigenvalue weighted by atomic mass is 10.2. The summed E-state index contributed by atoms with van der Waals surface area (Å²) >= 11 is 0. The van der Waals surface area contributed by atoms with Crippen molar-refractivity contribution >= 4 is 9.84 Å². The number of hydrogen-bond donors (Lipinski definition) is 0. The van der Waals surface area contributed by atoms with Gasteiger partial charge in [-0.05, 0) is 26.0 Å². The fourth-order valence-electron chi connectivity index (χ4n) is 1.20. The van der Waals surface area contributed by atoms with Crippen molar-refractivity contribution in [3.05, 3.63) is 29.8 Å². The Kier molecular flexibility index (Phi) is 3.33. The zero-order valence-corrected chi connectivity index (χ0v) is 9.56. The first-order valence-corrected chi connectivity index (χ1v) is 6.12. The average Bonchev–Trinajstić information content (AvgIpc) is 2.16. The molecule has 90 valence electrons. The molecule has 1 aromatic carbocycles. The van der Waals surface area contributed by atoms with Gasteiger partial charge < -0.3 is 0 Å². The van der Waals surface area contributed by atoms with Gasteiger partial charge in [0.05, 0.1) is 15.7 Å². The van der Waals surface area contributed by atoms with Gasteiger partial charge in [0.1, 0.15) is 0 Å². The minimum atomic E-state index is -4.65. The molecule has 0 fully saturated rings. The topological polar surface area (TPSA) is 34.1 Å². The van der Waals surface area contributed by atoms with E-state index in [4.69, 9.17) is 0 Å². The van der Waals surface area contributed by atoms with Gasteiger partial charge in [-0.15, -0.1) is 0 Å². The summed E-state index contributed by atoms with van der Waals surface area (Å²) in [6, 6.07) is 4.21. The van der Waals surface area contributed by atoms with Crippen LogP contribution in [0.5, 0.6) is 0 Å². The van der Waals surface area contributed by atoms with Crippen LogP contribution in [-0.2, 0) is 16.0 Å². The molecule has 0 atom stereocenters. The van der Waals surface area contributed by atoms with Crippen LogP contribution < -0.4 is 0 Å². The molecule has 0 aliphatic rings. The molecule has 6 heteroatoms. The van der Waals surface area contributed by atoms with Crippen LogP contribution >= 0.6 is 0 Å². The molecule has 0 saturated heterocycles. The van der Waals surface area contributed by atoms with Crippen LogP contribution in [0, 0.1) is 0 Å². The van der Waals surface area contributed by atoms with Gasteiger partial charge in [-0.1, -0.05) is 12.1 Å². The van der Waals surface area contributed by atoms with E-state index in [1.807, 2.05) is 0 Å². The SMILES string of the molecule is CC(C)S(=O)(=O)c1ccccc1C(F)(F)F. The summed E-state index contributed by atoms with van der Waals surface area (Å²) in [4.78, 5) is -0.655. The highest BCUT2D eigenvalue weighted by molar-refractivity contribution is 7.92. The summed E-state index contributed by atoms with van der Waals surface area (Å²) in [5.74, 6) is 0. The molecule has 0 heterocycles. The minimum Gasteiger partial charge on any atom is -0.223 e. The Labute approximate surface area is 92.0 Å². The fraction of sp³-hybridized carbons (Fsp3) is 0.400. The van der Waals surface area contributed by atoms with Gasteiger partial charge in [-0.2, -0.15) is 13.2 Å². The molecule has 0 radical (unpaired) electrons. The molecule has 0 bridgehead atoms. The van der Waals surface area contributed by atoms with Crippen molar-refractivity contribution in [3.8, 4) is 0 Å². The predicted molar refractivity (Wildman–Crippen MR) is 53.8 cm³/mol. The number of halogens is 3. The van der Waals surface area contributed by atoms with Crippen molar-refractivity contribution in [3.63, 3.8) is 0 Å². The second kappa shape index (κ2) is 4.08. The summed E-state index contributed by atoms with van der Waals surface area (Å²) < 4.78 is 61.1. The highest BCUT2D eigenvalue weighted by Crippen LogP contribution is 2.35. The molecule has 0 amide bonds. The summed E-state index contributed by atoms with van der Waals surface area (Å²) in [6.07, 6.45) is -4.65. The molecule has 1 rings (SSSR count). The van der Waals surface area contributed by atoms with Crippen LogP contribution in [0.3, 0.4) is 0 Å². The quantitative estimate of drug-likeness (QED) is 0.811. The molecule has 0 aromatic heterocycles. The van der Waals surface area contributed by atoms with Crippen LogP contribution in [0.4, 0.5) is 13.2 Å². The lowest BCUT2D eigenvalue weighted by molar-refractivity contribution is -0.139. The number of hydrogen-bond acceptors (Lipinski definition) is 2. The first kappa shape index (κ1) is 13.0. The van der Waals surface area contributed by atoms with E-state index < -0.39 is 31.7 Å². The van der Waals surface area contributed by atoms with Gasteiger partial charge in [0.2, 0.25) is 0 Å². The lowest BCUT2D eigenvalue weighted by Crippen LogP contribution is -2.19. The van der Waals surface area contributed by atoms with Crippen LogP contribution in [0.2, 0.25) is 0 Å². The van der Waals surface area contributed by atoms with Gasteiger partial charge in [-0.25, -0.2) is 8.42 Å². The Balaban J connectivity index is 3.48. The Hall–Kier alpha value is -1.04. The van der Waals surface area contributed by atoms with Crippen molar-refractivity contribution in [1.82, 2.24) is 0 Å². The number of sulfone groups is 1. The van der Waals surface area contributed by atoms with Crippen LogP contribution in [0.1, 0.15) is 19.4 Å². The maximum Gasteiger partial charge on any atom is 0.417 e. The van der Waals surface area contributed by atoms with Gasteiger partial charge in [0.25, 0.3) is 0 Å². The molecule has 1 aromatic rings. The molecular weight excluding hydrogens is 241 g/mol. The average molecular weight is 252 g/mol. The van der Waals surface area contributed by atoms with E-state index in [-0.39, 0.29) is 0 Å². The Morgan fingerprint density at radius 3 is 2.06 bits per heavy atom. The lowest BCUT2D eigenvalue weighted by Gasteiger charge is -2.14. The predicted octanol–water partition coefficient (Wildman–Crippen LogP) is 2.89. The van der Waals surface area contributed by atoms with E-state index in [1.54, 1.807) is 0 Å². The normalized spacial score (nSPS) is 13.1. The number of rotatable bonds is 2. The molecule has 0 N–H and O–H groups in total. The summed E-state index contributed by atoms with van der Waals surface area (Å²) in [6.45, 7) is 2.70. The Morgan fingerprint density at radius 1 is 1.12 bits per heavy atom. The molecule has 0 saturated carbocycles. The van der Waals surface area contributed by atoms with Crippen molar-refractivity contribution in [2.24, 2.45) is 0 Å². The standard InChI is InChI=1S/C10H11F3O2S/c1-7(2)16(14,15)9-6-4-3-5-8(9)10(11,12)13/h3-7H,1-2H3. The highest BCUT2D eigenvalue weighted by Gasteiger charge is 2.37. The number of benzene rings is 1. The van der Waals surface area contributed by atoms with Crippen molar-refractivity contribution < 1.29 is 21.6 Å². The number of alkyl halides is 3. The first-order chi connectivity index (χ1) is 7.17. The molecular formula is C10H11F3O2S. The van der Waals surface area contributed by atoms with Crippen LogP contribution in [-0.4, -0.2) is 13.7 Å². The highest BCUT2D eigenvalue weighted by atomic mass is 32.2. The maximum absolute atomic E-state index is 12.6. The second-order valence-electron chi connectivity index (χ2n) is 3.59. The zero-order chi connectivity index (χ0) is 12.6. The van der Waals surface area contributed by atoms with Crippen LogP contribution in [0.15, 0.2) is 29.2 Å². The molecule has 0 aliphatic carbocycles. The van der Waals surface area contributed by atoms with E-state index in [1.165, 1.54) is 26.0 Å². The molecule has 0 unspecified atom stereocenters. The van der Waals surface area contributed by atoms with Gasteiger partial charge in [-0.3, -0.25) is 0 Å². The molecule has 2 nitrogen and oxygen atoms in total. The van der Waals surface area contributed by atoms with E-state index in [2.05, 4.69) is 0 Å². The summed E-state index contributed by atoms with van der Waals surface area (Å²) in [5, 5.41) is -0.879. The van der Waals surface area contributed by atoms with E-state index in [9.17, 15) is 21.6 Å². The fourth-order valence-corrected chi connectivity index (χ4v) is 2.47. The summed E-state index contributed by atoms with van der Waals surface area (Å²) in [7, 11) is -3.91. The zero-order valence-electron chi connectivity index (χ0n) is 8.75. The van der Waals surface area contributed by atoms with E-state index in [0.717, 1.165) is 12.1 Å². The first-order valence-electron chi connectivity index (χ1n) is 4.57. The van der Waals surface area contributed by atoms with Crippen molar-refractivity contribution in [2.45, 2.75) is 30.2 Å². The van der Waals surface area contributed by atoms with Gasteiger partial charge >= 0.3 is 6.18 Å². The largest absolute Gasteiger partial charge is 0.417 e. The molecule has 0 spiro atoms. The van der Waals surface area contributed by atoms with Gasteiger partial charge in [0.15, 0.2) is 9.84 Å². The van der Waals surface area contributed by atoms with Crippen molar-refractivity contribution in [2.75, 3.05) is 0 Å². The smallest absolute Gasteiger partial charge is 0.223 e. The Bertz CT molecular complexity index is 475. The summed E-state index contributed by atoms with van der Waals surface area (Å²) in [5.41, 5.74) is -1.11. The van der Waals surface area contributed by atoms with Crippen LogP contribution in [0.25, 0.3) is 0 Å². The monoisotopic (exact) mass is 252 g/mol.